The smallest absolute Gasteiger partial charge is 0.131 e. The number of aliphatic hydroxyl groups is 3. The number of pyridine rings is 6. The minimum Gasteiger partial charge on any atom is -0.393 e. The lowest BCUT2D eigenvalue weighted by molar-refractivity contribution is -0.0523. The second kappa shape index (κ2) is 41.7. The van der Waals surface area contributed by atoms with Gasteiger partial charge in [-0.1, -0.05) is 0 Å². The summed E-state index contributed by atoms with van der Waals surface area (Å²) in [5.41, 5.74) is 23.6. The first kappa shape index (κ1) is 98.2. The predicted octanol–water partition coefficient (Wildman–Crippen LogP) is 19.5. The topological polar surface area (TPSA) is 294 Å². The Balaban J connectivity index is 0.000000109. The molecular weight excluding hydrogens is 1810 g/mol. The maximum Gasteiger partial charge on any atom is 0.131 e. The van der Waals surface area contributed by atoms with Gasteiger partial charge in [0.15, 0.2) is 0 Å². The summed E-state index contributed by atoms with van der Waals surface area (Å²) in [5.74, 6) is -0.652. The number of benzene rings is 6. The van der Waals surface area contributed by atoms with Crippen LogP contribution in [0.3, 0.4) is 0 Å². The summed E-state index contributed by atoms with van der Waals surface area (Å²) >= 11 is 0. The summed E-state index contributed by atoms with van der Waals surface area (Å²) in [5, 5.41) is 54.9. The zero-order chi connectivity index (χ0) is 99.8. The number of aliphatic hydroxyl groups excluding tert-OH is 1. The quantitative estimate of drug-likeness (QED) is 0.0320. The molecule has 0 amide bonds. The minimum atomic E-state index is -0.594. The molecule has 738 valence electrons. The molecule has 6 fully saturated rings. The Hall–Kier alpha value is -13.6. The summed E-state index contributed by atoms with van der Waals surface area (Å²) < 4.78 is 87.7. The van der Waals surface area contributed by atoms with Crippen LogP contribution >= 0.6 is 0 Å². The number of aryl methyl sites for hydroxylation is 6. The van der Waals surface area contributed by atoms with Gasteiger partial charge in [-0.25, -0.2) is 26.3 Å². The Morgan fingerprint density at radius 2 is 0.552 bits per heavy atom. The largest absolute Gasteiger partial charge is 0.393 e. The van der Waals surface area contributed by atoms with Crippen LogP contribution < -0.4 is 31.9 Å². The Morgan fingerprint density at radius 1 is 0.315 bits per heavy atom. The van der Waals surface area contributed by atoms with E-state index in [9.17, 15) is 41.7 Å². The average Bonchev–Trinajstić information content (AvgIpc) is 1.75. The standard InChI is InChI=1S/C20H22FN3O.2C19H21FN4.C19H20FN3O.C18H19FN4.C18H18FN3O/c1-12-5-18(23-10-13-8-20(2,25)9-13)16-6-17(21)15(7-19(16)24-12)14-3-4-22-11-14;2*1-12-7-18(23-14-4-6-24(2)11-14)16-8-17(20)15(9-19(16)22-12)13-3-5-21-10-13;1-11-5-17(23-13-8-19(2,24)9-13)15-6-16(20)14(7-18(15)22-11)12-3-4-21-10-12;1-11-5-17(22-13-9-23(2)10-13)15-6-16(19)14(7-18(15)21-11)12-3-4-20-8-12;1-10-4-16(21-9-12-5-18(12)23)14-6-15(19)13(7-17(14)22-10)11-2-3-20-8-11/h3-7,13,25H,8-11H2,1-2H3,(H,23,24);2*3,5,7-9,14H,4,6,10-11H2,1-2H3,(H,22,23);3-7,13,24H,8-10H2,1-2H3,(H,22,23);3-7,13H,8-10H2,1-2H3,(H,21,22);2-4,6-7,12,18,23H,5,8-9H2,1H3,(H,21,22)/t;2*14-;;;/m.10.../s1. The molecule has 24 nitrogen and oxygen atoms in total. The number of likely N-dealkylation sites (tertiary alicyclic amines) is 3. The van der Waals surface area contributed by atoms with Crippen molar-refractivity contribution in [2.24, 2.45) is 41.8 Å². The first-order valence-electron chi connectivity index (χ1n) is 49.3. The molecule has 3 saturated carbocycles. The lowest BCUT2D eigenvalue weighted by atomic mass is 9.72. The third kappa shape index (κ3) is 23.0. The Bertz CT molecular complexity index is 7260. The molecule has 9 N–H and O–H groups in total. The number of nitrogens with one attached hydrogen (secondary N) is 6. The van der Waals surface area contributed by atoms with E-state index in [1.807, 2.05) is 153 Å². The maximum absolute atomic E-state index is 14.7. The molecule has 6 aromatic carbocycles. The first-order chi connectivity index (χ1) is 68.7. The number of hydrogen-bond acceptors (Lipinski definition) is 24. The highest BCUT2D eigenvalue weighted by molar-refractivity contribution is 6.03. The molecule has 9 aliphatic heterocycles. The van der Waals surface area contributed by atoms with Crippen LogP contribution in [0.4, 0.5) is 60.5 Å². The van der Waals surface area contributed by atoms with E-state index in [1.165, 1.54) is 0 Å². The van der Waals surface area contributed by atoms with Gasteiger partial charge in [-0.3, -0.25) is 59.9 Å². The van der Waals surface area contributed by atoms with Gasteiger partial charge in [0.25, 0.3) is 0 Å². The van der Waals surface area contributed by atoms with Crippen molar-refractivity contribution in [3.63, 3.8) is 0 Å². The first-order valence-corrected chi connectivity index (χ1v) is 49.3. The summed E-state index contributed by atoms with van der Waals surface area (Å²) in [4.78, 5) is 59.2. The molecule has 0 spiro atoms. The van der Waals surface area contributed by atoms with Gasteiger partial charge in [-0.15, -0.1) is 0 Å². The second-order valence-corrected chi connectivity index (χ2v) is 40.7. The maximum atomic E-state index is 14.7. The SMILES string of the molecule is Cc1cc(NC2CC(C)(O)C2)c2cc(F)c(C3=CC=NC3)cc2n1.Cc1cc(NC2CN(C)C2)c2cc(F)c(C3=CC=NC3)cc2n1.Cc1cc(NCC2CC(C)(O)C2)c2cc(F)c(C3=CC=NC3)cc2n1.Cc1cc(NCC2CC2O)c2cc(F)c(C3=CC=NC3)cc2n1.Cc1cc(N[C@@H]2CCN(C)C2)c2cc(F)c(C3=CC=NC3)cc2n1.Cc1cc(N[C@H]2CCN(C)C2)c2cc(F)c(C3=CC=NC3)cc2n1. The van der Waals surface area contributed by atoms with Gasteiger partial charge in [0.1, 0.15) is 34.9 Å². The number of allylic oxidation sites excluding steroid dienone is 6. The van der Waals surface area contributed by atoms with E-state index in [0.717, 1.165) is 245 Å². The molecule has 2 unspecified atom stereocenters. The van der Waals surface area contributed by atoms with Crippen molar-refractivity contribution >= 4 is 170 Å². The van der Waals surface area contributed by atoms with Crippen molar-refractivity contribution in [1.82, 2.24) is 44.6 Å². The lowest BCUT2D eigenvalue weighted by Crippen LogP contribution is -2.52. The van der Waals surface area contributed by atoms with Crippen LogP contribution in [0.15, 0.2) is 176 Å². The van der Waals surface area contributed by atoms with Gasteiger partial charge in [0.05, 0.1) is 95.7 Å². The van der Waals surface area contributed by atoms with Crippen LogP contribution in [0.1, 0.15) is 126 Å². The fraction of sp³-hybridized carbons (Fsp3) is 0.363. The molecule has 24 rings (SSSR count). The van der Waals surface area contributed by atoms with Crippen molar-refractivity contribution in [2.45, 2.75) is 142 Å². The van der Waals surface area contributed by atoms with Crippen LogP contribution in [-0.4, -0.2) is 251 Å². The minimum absolute atomic E-state index is 0.200. The number of aliphatic imine (C=N–C) groups is 6. The normalized spacial score (nSPS) is 22.2. The number of nitrogens with zero attached hydrogens (tertiary/aromatic N) is 15. The summed E-state index contributed by atoms with van der Waals surface area (Å²) in [6.45, 7) is 26.3. The molecule has 30 heteroatoms. The van der Waals surface area contributed by atoms with E-state index in [4.69, 9.17) is 0 Å². The molecule has 6 aromatic heterocycles. The second-order valence-electron chi connectivity index (χ2n) is 40.7. The number of likely N-dealkylation sites (N-methyl/N-ethyl adjacent to an activating group) is 3. The average molecular weight is 1940 g/mol. The molecule has 15 heterocycles. The van der Waals surface area contributed by atoms with E-state index in [1.54, 1.807) is 85.8 Å². The Labute approximate surface area is 828 Å². The summed E-state index contributed by atoms with van der Waals surface area (Å²) in [7, 11) is 6.35. The molecule has 12 aliphatic rings. The van der Waals surface area contributed by atoms with Crippen molar-refractivity contribution in [3.05, 3.63) is 248 Å². The van der Waals surface area contributed by atoms with Gasteiger partial charge in [-0.2, -0.15) is 0 Å². The van der Waals surface area contributed by atoms with Crippen molar-refractivity contribution in [1.29, 1.82) is 0 Å². The van der Waals surface area contributed by atoms with Gasteiger partial charge >= 0.3 is 0 Å². The fourth-order valence-electron chi connectivity index (χ4n) is 20.8. The van der Waals surface area contributed by atoms with E-state index in [2.05, 4.69) is 128 Å². The third-order valence-electron chi connectivity index (χ3n) is 28.2. The Morgan fingerprint density at radius 3 is 0.783 bits per heavy atom. The number of fused-ring (bicyclic) bond motifs is 6. The third-order valence-corrected chi connectivity index (χ3v) is 28.2. The molecular formula is C113H121F6N21O3. The molecule has 3 saturated heterocycles. The van der Waals surface area contributed by atoms with E-state index >= 15 is 0 Å². The van der Waals surface area contributed by atoms with Crippen molar-refractivity contribution in [2.75, 3.05) is 145 Å². The highest BCUT2D eigenvalue weighted by Gasteiger charge is 2.40. The van der Waals surface area contributed by atoms with Crippen LogP contribution in [0, 0.1) is 88.3 Å². The molecule has 12 aromatic rings. The van der Waals surface area contributed by atoms with E-state index in [-0.39, 0.29) is 47.0 Å². The number of hydrogen-bond donors (Lipinski definition) is 9. The summed E-state index contributed by atoms with van der Waals surface area (Å²) in [6, 6.07) is 33.7. The van der Waals surface area contributed by atoms with Crippen LogP contribution in [0.25, 0.3) is 98.9 Å². The highest BCUT2D eigenvalue weighted by Crippen LogP contribution is 2.43. The molecule has 0 radical (unpaired) electrons. The van der Waals surface area contributed by atoms with Gasteiger partial charge in [0.2, 0.25) is 0 Å². The van der Waals surface area contributed by atoms with E-state index in [0.29, 0.717) is 122 Å². The predicted molar refractivity (Wildman–Crippen MR) is 572 cm³/mol. The van der Waals surface area contributed by atoms with Crippen molar-refractivity contribution in [3.8, 4) is 0 Å². The molecule has 143 heavy (non-hydrogen) atoms. The van der Waals surface area contributed by atoms with Crippen LogP contribution in [0.5, 0.6) is 0 Å². The molecule has 0 bridgehead atoms. The van der Waals surface area contributed by atoms with Gasteiger partial charge in [0, 0.05) is 235 Å². The highest BCUT2D eigenvalue weighted by atomic mass is 19.1. The van der Waals surface area contributed by atoms with Crippen LogP contribution in [-0.2, 0) is 0 Å². The zero-order valence-corrected chi connectivity index (χ0v) is 82.5. The summed E-state index contributed by atoms with van der Waals surface area (Å²) in [6.07, 6.45) is 27.3. The van der Waals surface area contributed by atoms with Crippen molar-refractivity contribution < 1.29 is 41.7 Å². The Kier molecular flexibility index (Phi) is 28.7. The fourth-order valence-corrected chi connectivity index (χ4v) is 20.8. The number of rotatable bonds is 20. The number of anilines is 6. The number of halogens is 6. The molecule has 4 atom stereocenters. The molecule has 3 aliphatic carbocycles. The lowest BCUT2D eigenvalue weighted by Gasteiger charge is -2.41. The zero-order valence-electron chi connectivity index (χ0n) is 82.5. The van der Waals surface area contributed by atoms with E-state index < -0.39 is 11.2 Å². The van der Waals surface area contributed by atoms with Gasteiger partial charge in [-0.05, 0) is 320 Å². The monoisotopic (exact) mass is 1930 g/mol. The van der Waals surface area contributed by atoms with Gasteiger partial charge < -0.3 is 61.9 Å². The van der Waals surface area contributed by atoms with Crippen LogP contribution in [0.2, 0.25) is 0 Å². The number of aromatic nitrogens is 6.